The Kier molecular flexibility index (Phi) is 4.11. The van der Waals surface area contributed by atoms with Crippen molar-refractivity contribution in [2.24, 2.45) is 0 Å². The molecule has 0 aliphatic carbocycles. The van der Waals surface area contributed by atoms with Crippen LogP contribution < -0.4 is 0 Å². The fourth-order valence-corrected chi connectivity index (χ4v) is 3.33. The predicted molar refractivity (Wildman–Crippen MR) is 91.9 cm³/mol. The minimum atomic E-state index is -0.0611. The van der Waals surface area contributed by atoms with Crippen LogP contribution in [0.3, 0.4) is 0 Å². The molecule has 0 bridgehead atoms. The van der Waals surface area contributed by atoms with Gasteiger partial charge < -0.3 is 9.84 Å². The number of hydrogen-bond donors (Lipinski definition) is 1. The Balaban J connectivity index is 1.85. The first-order chi connectivity index (χ1) is 11.8. The van der Waals surface area contributed by atoms with Crippen molar-refractivity contribution in [1.29, 1.82) is 0 Å². The highest BCUT2D eigenvalue weighted by atomic mass is 16.5. The van der Waals surface area contributed by atoms with E-state index >= 15 is 0 Å². The summed E-state index contributed by atoms with van der Waals surface area (Å²) < 4.78 is 5.49. The van der Waals surface area contributed by atoms with Gasteiger partial charge in [0, 0.05) is 42.6 Å². The first-order valence-electron chi connectivity index (χ1n) is 8.13. The van der Waals surface area contributed by atoms with Crippen molar-refractivity contribution >= 4 is 10.9 Å². The molecule has 2 aromatic heterocycles. The molecule has 0 unspecified atom stereocenters. The number of benzene rings is 1. The molecule has 5 nitrogen and oxygen atoms in total. The third kappa shape index (κ3) is 2.72. The lowest BCUT2D eigenvalue weighted by Crippen LogP contribution is -2.39. The lowest BCUT2D eigenvalue weighted by Gasteiger charge is -2.35. The highest BCUT2D eigenvalue weighted by Gasteiger charge is 2.27. The third-order valence-electron chi connectivity index (χ3n) is 4.48. The largest absolute Gasteiger partial charge is 0.505 e. The van der Waals surface area contributed by atoms with Crippen LogP contribution in [0.5, 0.6) is 5.75 Å². The van der Waals surface area contributed by atoms with E-state index < -0.39 is 0 Å². The highest BCUT2D eigenvalue weighted by Crippen LogP contribution is 2.37. The monoisotopic (exact) mass is 321 g/mol. The van der Waals surface area contributed by atoms with Gasteiger partial charge in [0.25, 0.3) is 0 Å². The fourth-order valence-electron chi connectivity index (χ4n) is 3.33. The summed E-state index contributed by atoms with van der Waals surface area (Å²) in [4.78, 5) is 10.9. The number of hydrogen-bond acceptors (Lipinski definition) is 5. The maximum atomic E-state index is 10.9. The summed E-state index contributed by atoms with van der Waals surface area (Å²) in [5, 5.41) is 11.8. The molecule has 0 radical (unpaired) electrons. The molecule has 0 saturated carbocycles. The van der Waals surface area contributed by atoms with Gasteiger partial charge in [-0.05, 0) is 17.7 Å². The van der Waals surface area contributed by atoms with Crippen LogP contribution in [-0.4, -0.2) is 46.3 Å². The molecule has 1 aromatic carbocycles. The van der Waals surface area contributed by atoms with Gasteiger partial charge in [-0.2, -0.15) is 0 Å². The van der Waals surface area contributed by atoms with Crippen LogP contribution in [-0.2, 0) is 4.74 Å². The number of aromatic hydroxyl groups is 1. The number of phenolic OH excluding ortho intramolecular Hbond substituents is 1. The minimum absolute atomic E-state index is 0.0611. The minimum Gasteiger partial charge on any atom is -0.505 e. The van der Waals surface area contributed by atoms with Gasteiger partial charge >= 0.3 is 0 Å². The average molecular weight is 321 g/mol. The second kappa shape index (κ2) is 6.55. The van der Waals surface area contributed by atoms with Gasteiger partial charge in [0.05, 0.1) is 19.3 Å². The Bertz CT molecular complexity index is 832. The summed E-state index contributed by atoms with van der Waals surface area (Å²) in [5.41, 5.74) is 2.55. The van der Waals surface area contributed by atoms with E-state index in [1.165, 1.54) is 0 Å². The predicted octanol–water partition coefficient (Wildman–Crippen LogP) is 2.76. The first-order valence-corrected chi connectivity index (χ1v) is 8.13. The van der Waals surface area contributed by atoms with Crippen LogP contribution in [0.25, 0.3) is 10.9 Å². The first kappa shape index (κ1) is 15.1. The molecule has 24 heavy (non-hydrogen) atoms. The second-order valence-corrected chi connectivity index (χ2v) is 5.92. The van der Waals surface area contributed by atoms with Gasteiger partial charge in [-0.1, -0.05) is 24.3 Å². The van der Waals surface area contributed by atoms with Crippen molar-refractivity contribution in [2.75, 3.05) is 26.3 Å². The summed E-state index contributed by atoms with van der Waals surface area (Å²) >= 11 is 0. The SMILES string of the molecule is Oc1c([C@@H](c2cccnc2)N2CCOCC2)ccc2cccnc12. The number of ether oxygens (including phenoxy) is 1. The van der Waals surface area contributed by atoms with E-state index in [0.29, 0.717) is 18.7 Å². The molecule has 1 atom stereocenters. The molecule has 1 aliphatic rings. The number of pyridine rings is 2. The summed E-state index contributed by atoms with van der Waals surface area (Å²) in [7, 11) is 0. The lowest BCUT2D eigenvalue weighted by molar-refractivity contribution is 0.0235. The molecule has 3 heterocycles. The molecule has 0 amide bonds. The zero-order chi connectivity index (χ0) is 16.4. The maximum Gasteiger partial charge on any atom is 0.146 e. The number of nitrogens with zero attached hydrogens (tertiary/aromatic N) is 3. The van der Waals surface area contributed by atoms with Gasteiger partial charge in [0.15, 0.2) is 0 Å². The number of aromatic nitrogens is 2. The number of fused-ring (bicyclic) bond motifs is 1. The van der Waals surface area contributed by atoms with E-state index in [1.807, 2.05) is 36.5 Å². The Morgan fingerprint density at radius 2 is 1.88 bits per heavy atom. The summed E-state index contributed by atoms with van der Waals surface area (Å²) in [5.74, 6) is 0.244. The van der Waals surface area contributed by atoms with Gasteiger partial charge in [-0.15, -0.1) is 0 Å². The Morgan fingerprint density at radius 3 is 2.67 bits per heavy atom. The molecule has 5 heteroatoms. The Hall–Kier alpha value is -2.50. The molecule has 3 aromatic rings. The third-order valence-corrected chi connectivity index (χ3v) is 4.48. The average Bonchev–Trinajstić information content (AvgIpc) is 2.66. The fraction of sp³-hybridized carbons (Fsp3) is 0.263. The van der Waals surface area contributed by atoms with E-state index in [2.05, 4.69) is 20.9 Å². The molecule has 0 spiro atoms. The van der Waals surface area contributed by atoms with Gasteiger partial charge in [-0.3, -0.25) is 14.9 Å². The normalized spacial score (nSPS) is 17.0. The number of rotatable bonds is 3. The van der Waals surface area contributed by atoms with Crippen molar-refractivity contribution in [3.8, 4) is 5.75 Å². The quantitative estimate of drug-likeness (QED) is 0.804. The molecule has 1 fully saturated rings. The van der Waals surface area contributed by atoms with Crippen LogP contribution in [0.15, 0.2) is 55.0 Å². The Labute approximate surface area is 140 Å². The highest BCUT2D eigenvalue weighted by molar-refractivity contribution is 5.85. The standard InChI is InChI=1S/C19H19N3O2/c23-19-16(6-5-14-3-2-8-21-17(14)19)18(15-4-1-7-20-13-15)22-9-11-24-12-10-22/h1-8,13,18,23H,9-12H2/t18-/m1/s1. The van der Waals surface area contributed by atoms with Crippen LogP contribution in [0.2, 0.25) is 0 Å². The van der Waals surface area contributed by atoms with Gasteiger partial charge in [-0.25, -0.2) is 0 Å². The number of morpholine rings is 1. The smallest absolute Gasteiger partial charge is 0.146 e. The zero-order valence-electron chi connectivity index (χ0n) is 13.3. The van der Waals surface area contributed by atoms with Gasteiger partial charge in [0.2, 0.25) is 0 Å². The summed E-state index contributed by atoms with van der Waals surface area (Å²) in [6, 6.07) is 11.8. The van der Waals surface area contributed by atoms with Crippen molar-refractivity contribution in [3.63, 3.8) is 0 Å². The van der Waals surface area contributed by atoms with E-state index in [4.69, 9.17) is 4.74 Å². The zero-order valence-corrected chi connectivity index (χ0v) is 13.3. The molecule has 122 valence electrons. The molecule has 1 N–H and O–H groups in total. The van der Waals surface area contributed by atoms with Crippen molar-refractivity contribution < 1.29 is 9.84 Å². The van der Waals surface area contributed by atoms with Crippen LogP contribution >= 0.6 is 0 Å². The van der Waals surface area contributed by atoms with Gasteiger partial charge in [0.1, 0.15) is 11.3 Å². The molecular weight excluding hydrogens is 302 g/mol. The molecule has 1 saturated heterocycles. The van der Waals surface area contributed by atoms with Crippen molar-refractivity contribution in [3.05, 3.63) is 66.1 Å². The summed E-state index contributed by atoms with van der Waals surface area (Å²) in [6.07, 6.45) is 5.34. The van der Waals surface area contributed by atoms with E-state index in [1.54, 1.807) is 12.4 Å². The van der Waals surface area contributed by atoms with Crippen LogP contribution in [0.1, 0.15) is 17.2 Å². The Morgan fingerprint density at radius 1 is 1.04 bits per heavy atom. The number of phenols is 1. The molecule has 1 aliphatic heterocycles. The van der Waals surface area contributed by atoms with Crippen LogP contribution in [0, 0.1) is 0 Å². The molecular formula is C19H19N3O2. The van der Waals surface area contributed by atoms with Crippen molar-refractivity contribution in [1.82, 2.24) is 14.9 Å². The maximum absolute atomic E-state index is 10.9. The van der Waals surface area contributed by atoms with Crippen LogP contribution in [0.4, 0.5) is 0 Å². The lowest BCUT2D eigenvalue weighted by atomic mass is 9.95. The second-order valence-electron chi connectivity index (χ2n) is 5.92. The van der Waals surface area contributed by atoms with E-state index in [0.717, 1.165) is 29.6 Å². The van der Waals surface area contributed by atoms with Crippen molar-refractivity contribution in [2.45, 2.75) is 6.04 Å². The summed E-state index contributed by atoms with van der Waals surface area (Å²) in [6.45, 7) is 3.03. The molecule has 4 rings (SSSR count). The van der Waals surface area contributed by atoms with E-state index in [9.17, 15) is 5.11 Å². The van der Waals surface area contributed by atoms with E-state index in [-0.39, 0.29) is 11.8 Å². The topological polar surface area (TPSA) is 58.5 Å².